The molecule has 0 spiro atoms. The minimum Gasteiger partial charge on any atom is -0.463 e. The van der Waals surface area contributed by atoms with Crippen LogP contribution >= 0.6 is 0 Å². The summed E-state index contributed by atoms with van der Waals surface area (Å²) >= 11 is 0. The fraction of sp³-hybridized carbons (Fsp3) is 0.333. The Balaban J connectivity index is 1.56. The number of furan rings is 1. The molecule has 4 rings (SSSR count). The van der Waals surface area contributed by atoms with Crippen molar-refractivity contribution in [1.29, 1.82) is 5.26 Å². The van der Waals surface area contributed by atoms with E-state index in [1.807, 2.05) is 12.1 Å². The molecule has 0 saturated heterocycles. The number of benzene rings is 1. The number of amides is 1. The van der Waals surface area contributed by atoms with Gasteiger partial charge in [0.15, 0.2) is 11.9 Å². The van der Waals surface area contributed by atoms with Crippen LogP contribution in [0.3, 0.4) is 0 Å². The van der Waals surface area contributed by atoms with Gasteiger partial charge in [-0.1, -0.05) is 37.5 Å². The maximum absolute atomic E-state index is 13.0. The monoisotopic (exact) mass is 417 g/mol. The number of hydrogen-bond acceptors (Lipinski definition) is 6. The van der Waals surface area contributed by atoms with Crippen LogP contribution in [0.4, 0.5) is 0 Å². The second-order valence-electron chi connectivity index (χ2n) is 7.84. The van der Waals surface area contributed by atoms with Crippen molar-refractivity contribution in [1.82, 2.24) is 10.3 Å². The zero-order valence-electron chi connectivity index (χ0n) is 17.3. The SMILES string of the molecule is C[C@@H](OC(=O)c1cc(-c2ccco2)nc2ccccc12)C(=O)NC1(C#N)CCCCC1. The van der Waals surface area contributed by atoms with Gasteiger partial charge in [-0.25, -0.2) is 9.78 Å². The molecule has 0 aliphatic heterocycles. The molecule has 1 fully saturated rings. The summed E-state index contributed by atoms with van der Waals surface area (Å²) in [5.41, 5.74) is 0.528. The van der Waals surface area contributed by atoms with Crippen LogP contribution in [-0.4, -0.2) is 28.5 Å². The zero-order valence-corrected chi connectivity index (χ0v) is 17.3. The van der Waals surface area contributed by atoms with Crippen LogP contribution in [-0.2, 0) is 9.53 Å². The van der Waals surface area contributed by atoms with Crippen LogP contribution < -0.4 is 5.32 Å². The van der Waals surface area contributed by atoms with Crippen LogP contribution in [0, 0.1) is 11.3 Å². The van der Waals surface area contributed by atoms with E-state index < -0.39 is 23.5 Å². The maximum atomic E-state index is 13.0. The van der Waals surface area contributed by atoms with E-state index in [0.29, 0.717) is 40.8 Å². The lowest BCUT2D eigenvalue weighted by Crippen LogP contribution is -2.52. The second-order valence-corrected chi connectivity index (χ2v) is 7.84. The summed E-state index contributed by atoms with van der Waals surface area (Å²) in [5.74, 6) is -0.580. The van der Waals surface area contributed by atoms with Crippen LogP contribution in [0.25, 0.3) is 22.4 Å². The summed E-state index contributed by atoms with van der Waals surface area (Å²) in [7, 11) is 0. The smallest absolute Gasteiger partial charge is 0.339 e. The third kappa shape index (κ3) is 4.29. The predicted molar refractivity (Wildman–Crippen MR) is 114 cm³/mol. The molecule has 3 aromatic rings. The largest absolute Gasteiger partial charge is 0.463 e. The van der Waals surface area contributed by atoms with E-state index >= 15 is 0 Å². The highest BCUT2D eigenvalue weighted by atomic mass is 16.5. The average molecular weight is 417 g/mol. The fourth-order valence-corrected chi connectivity index (χ4v) is 3.93. The van der Waals surface area contributed by atoms with E-state index in [1.54, 1.807) is 30.3 Å². The van der Waals surface area contributed by atoms with Gasteiger partial charge in [-0.2, -0.15) is 5.26 Å². The summed E-state index contributed by atoms with van der Waals surface area (Å²) in [6.07, 6.45) is 4.54. The van der Waals surface area contributed by atoms with Crippen LogP contribution in [0.2, 0.25) is 0 Å². The molecular formula is C24H23N3O4. The van der Waals surface area contributed by atoms with E-state index in [9.17, 15) is 14.9 Å². The van der Waals surface area contributed by atoms with Crippen molar-refractivity contribution in [3.05, 3.63) is 54.3 Å². The Morgan fingerprint density at radius 2 is 1.97 bits per heavy atom. The first-order valence-electron chi connectivity index (χ1n) is 10.4. The van der Waals surface area contributed by atoms with Gasteiger partial charge in [-0.15, -0.1) is 0 Å². The molecule has 0 bridgehead atoms. The molecule has 1 aromatic carbocycles. The molecular weight excluding hydrogens is 394 g/mol. The van der Waals surface area contributed by atoms with Crippen molar-refractivity contribution in [2.45, 2.75) is 50.7 Å². The van der Waals surface area contributed by atoms with E-state index in [-0.39, 0.29) is 0 Å². The minimum atomic E-state index is -1.04. The Kier molecular flexibility index (Phi) is 5.72. The average Bonchev–Trinajstić information content (AvgIpc) is 3.34. The van der Waals surface area contributed by atoms with E-state index in [0.717, 1.165) is 19.3 Å². The number of aromatic nitrogens is 1. The number of esters is 1. The Labute approximate surface area is 180 Å². The van der Waals surface area contributed by atoms with Crippen molar-refractivity contribution in [2.24, 2.45) is 0 Å². The fourth-order valence-electron chi connectivity index (χ4n) is 3.93. The quantitative estimate of drug-likeness (QED) is 0.618. The molecule has 1 N–H and O–H groups in total. The van der Waals surface area contributed by atoms with Crippen molar-refractivity contribution in [3.63, 3.8) is 0 Å². The highest BCUT2D eigenvalue weighted by molar-refractivity contribution is 6.05. The third-order valence-electron chi connectivity index (χ3n) is 5.65. The van der Waals surface area contributed by atoms with Crippen molar-refractivity contribution >= 4 is 22.8 Å². The number of ether oxygens (including phenoxy) is 1. The Bertz CT molecular complexity index is 1140. The molecule has 1 aliphatic carbocycles. The molecule has 1 atom stereocenters. The molecule has 2 heterocycles. The van der Waals surface area contributed by atoms with E-state index in [2.05, 4.69) is 16.4 Å². The minimum absolute atomic E-state index is 0.296. The lowest BCUT2D eigenvalue weighted by Gasteiger charge is -2.32. The lowest BCUT2D eigenvalue weighted by molar-refractivity contribution is -0.130. The highest BCUT2D eigenvalue weighted by Gasteiger charge is 2.35. The lowest BCUT2D eigenvalue weighted by atomic mass is 9.83. The molecule has 1 amide bonds. The van der Waals surface area contributed by atoms with Gasteiger partial charge in [0.25, 0.3) is 5.91 Å². The number of carbonyl (C=O) groups is 2. The number of hydrogen-bond donors (Lipinski definition) is 1. The normalized spacial score (nSPS) is 16.3. The van der Waals surface area contributed by atoms with E-state index in [4.69, 9.17) is 9.15 Å². The summed E-state index contributed by atoms with van der Waals surface area (Å²) in [6.45, 7) is 1.51. The predicted octanol–water partition coefficient (Wildman–Crippen LogP) is 4.38. The van der Waals surface area contributed by atoms with Gasteiger partial charge in [0.05, 0.1) is 23.4 Å². The first kappa shape index (κ1) is 20.6. The number of fused-ring (bicyclic) bond motifs is 1. The summed E-state index contributed by atoms with van der Waals surface area (Å²) < 4.78 is 10.9. The number of carbonyl (C=O) groups excluding carboxylic acids is 2. The number of nitrogens with one attached hydrogen (secondary N) is 1. The Morgan fingerprint density at radius 3 is 2.68 bits per heavy atom. The van der Waals surface area contributed by atoms with Gasteiger partial charge >= 0.3 is 5.97 Å². The van der Waals surface area contributed by atoms with Gasteiger partial charge in [0, 0.05) is 5.39 Å². The molecule has 31 heavy (non-hydrogen) atoms. The molecule has 158 valence electrons. The number of nitrogens with zero attached hydrogens (tertiary/aromatic N) is 2. The van der Waals surface area contributed by atoms with Crippen molar-refractivity contribution < 1.29 is 18.7 Å². The van der Waals surface area contributed by atoms with Crippen LogP contribution in [0.15, 0.2) is 53.1 Å². The van der Waals surface area contributed by atoms with Gasteiger partial charge in [0.1, 0.15) is 11.2 Å². The zero-order chi connectivity index (χ0) is 21.8. The van der Waals surface area contributed by atoms with E-state index in [1.165, 1.54) is 13.2 Å². The van der Waals surface area contributed by atoms with Crippen molar-refractivity contribution in [2.75, 3.05) is 0 Å². The summed E-state index contributed by atoms with van der Waals surface area (Å²) in [5, 5.41) is 13.0. The van der Waals surface area contributed by atoms with Gasteiger partial charge in [0.2, 0.25) is 0 Å². The number of para-hydroxylation sites is 1. The molecule has 2 aromatic heterocycles. The molecule has 7 heteroatoms. The molecule has 7 nitrogen and oxygen atoms in total. The first-order valence-corrected chi connectivity index (χ1v) is 10.4. The maximum Gasteiger partial charge on any atom is 0.339 e. The topological polar surface area (TPSA) is 105 Å². The Morgan fingerprint density at radius 1 is 1.19 bits per heavy atom. The Hall–Kier alpha value is -3.66. The van der Waals surface area contributed by atoms with Gasteiger partial charge in [-0.05, 0) is 44.0 Å². The summed E-state index contributed by atoms with van der Waals surface area (Å²) in [6, 6.07) is 14.6. The summed E-state index contributed by atoms with van der Waals surface area (Å²) in [4.78, 5) is 30.3. The van der Waals surface area contributed by atoms with Crippen LogP contribution in [0.5, 0.6) is 0 Å². The molecule has 1 aliphatic rings. The second kappa shape index (κ2) is 8.60. The standard InChI is InChI=1S/C24H23N3O4/c1-16(22(28)27-24(15-25)11-5-2-6-12-24)31-23(29)18-14-20(21-10-7-13-30-21)26-19-9-4-3-8-17(18)19/h3-4,7-10,13-14,16H,2,5-6,11-12H2,1H3,(H,27,28)/t16-/m1/s1. The molecule has 1 saturated carbocycles. The molecule has 0 radical (unpaired) electrons. The van der Waals surface area contributed by atoms with Gasteiger partial charge in [-0.3, -0.25) is 4.79 Å². The number of rotatable bonds is 5. The highest BCUT2D eigenvalue weighted by Crippen LogP contribution is 2.28. The number of pyridine rings is 1. The number of nitriles is 1. The first-order chi connectivity index (χ1) is 15.0. The van der Waals surface area contributed by atoms with Crippen LogP contribution in [0.1, 0.15) is 49.4 Å². The third-order valence-corrected chi connectivity index (χ3v) is 5.65. The van der Waals surface area contributed by atoms with Crippen molar-refractivity contribution in [3.8, 4) is 17.5 Å². The van der Waals surface area contributed by atoms with Gasteiger partial charge < -0.3 is 14.5 Å². The molecule has 0 unspecified atom stereocenters.